The largest absolute Gasteiger partial charge is 0.480 e. The van der Waals surface area contributed by atoms with Crippen LogP contribution in [0.5, 0.6) is 11.9 Å². The third-order valence-electron chi connectivity index (χ3n) is 4.45. The van der Waals surface area contributed by atoms with Crippen LogP contribution in [0.3, 0.4) is 0 Å². The Morgan fingerprint density at radius 3 is 2.03 bits per heavy atom. The van der Waals surface area contributed by atoms with Gasteiger partial charge in [-0.1, -0.05) is 12.1 Å². The number of rotatable bonds is 6. The van der Waals surface area contributed by atoms with E-state index in [-0.39, 0.29) is 5.56 Å². The molecule has 0 aliphatic heterocycles. The summed E-state index contributed by atoms with van der Waals surface area (Å²) in [6.45, 7) is 0. The maximum atomic E-state index is 13.6. The summed E-state index contributed by atoms with van der Waals surface area (Å²) in [6.07, 6.45) is -14.4. The molecule has 0 saturated heterocycles. The molecule has 2 heterocycles. The number of halogens is 8. The molecule has 0 fully saturated rings. The van der Waals surface area contributed by atoms with Gasteiger partial charge in [0.2, 0.25) is 5.88 Å². The van der Waals surface area contributed by atoms with E-state index in [0.717, 1.165) is 26.4 Å². The molecule has 6 nitrogen and oxygen atoms in total. The molecule has 174 valence electrons. The second kappa shape index (κ2) is 8.39. The monoisotopic (exact) mass is 470 g/mol. The molecule has 1 unspecified atom stereocenters. The second-order valence-electron chi connectivity index (χ2n) is 6.50. The Balaban J connectivity index is 2.28. The molecule has 0 amide bonds. The summed E-state index contributed by atoms with van der Waals surface area (Å²) >= 11 is 0. The number of benzene rings is 1. The van der Waals surface area contributed by atoms with Crippen LogP contribution in [-0.2, 0) is 6.18 Å². The van der Waals surface area contributed by atoms with Crippen molar-refractivity contribution < 1.29 is 44.6 Å². The van der Waals surface area contributed by atoms with Gasteiger partial charge in [-0.3, -0.25) is 0 Å². The van der Waals surface area contributed by atoms with Crippen molar-refractivity contribution in [2.24, 2.45) is 0 Å². The first-order chi connectivity index (χ1) is 14.9. The van der Waals surface area contributed by atoms with Gasteiger partial charge in [-0.05, 0) is 17.7 Å². The number of hydrogen-bond donors (Lipinski definition) is 0. The van der Waals surface area contributed by atoms with Crippen molar-refractivity contribution in [2.45, 2.75) is 31.2 Å². The van der Waals surface area contributed by atoms with Gasteiger partial charge in [0.05, 0.1) is 32.2 Å². The van der Waals surface area contributed by atoms with Crippen molar-refractivity contribution in [3.8, 4) is 11.9 Å². The number of nitrogens with zero attached hydrogens (tertiary/aromatic N) is 4. The van der Waals surface area contributed by atoms with E-state index >= 15 is 0 Å². The van der Waals surface area contributed by atoms with Crippen LogP contribution in [-0.4, -0.2) is 40.1 Å². The lowest BCUT2D eigenvalue weighted by Gasteiger charge is -2.21. The van der Waals surface area contributed by atoms with Gasteiger partial charge in [0.25, 0.3) is 6.43 Å². The van der Waals surface area contributed by atoms with E-state index in [2.05, 4.69) is 15.1 Å². The zero-order valence-corrected chi connectivity index (χ0v) is 16.3. The van der Waals surface area contributed by atoms with Crippen LogP contribution in [0.15, 0.2) is 24.3 Å². The molecule has 32 heavy (non-hydrogen) atoms. The predicted octanol–water partition coefficient (Wildman–Crippen LogP) is 5.34. The molecule has 0 aliphatic carbocycles. The molecule has 0 spiro atoms. The van der Waals surface area contributed by atoms with E-state index in [1.807, 2.05) is 0 Å². The first-order valence-electron chi connectivity index (χ1n) is 8.76. The maximum Gasteiger partial charge on any atom is 0.416 e. The summed E-state index contributed by atoms with van der Waals surface area (Å²) in [5.41, 5.74) is -2.75. The highest BCUT2D eigenvalue weighted by Crippen LogP contribution is 2.39. The van der Waals surface area contributed by atoms with Gasteiger partial charge in [0.15, 0.2) is 5.65 Å². The van der Waals surface area contributed by atoms with Crippen molar-refractivity contribution in [2.75, 3.05) is 14.2 Å². The molecule has 1 atom stereocenters. The summed E-state index contributed by atoms with van der Waals surface area (Å²) in [6, 6.07) is 0.629. The van der Waals surface area contributed by atoms with Gasteiger partial charge in [-0.25, -0.2) is 13.5 Å². The highest BCUT2D eigenvalue weighted by Gasteiger charge is 2.37. The van der Waals surface area contributed by atoms with E-state index in [1.54, 1.807) is 0 Å². The average Bonchev–Trinajstić information content (AvgIpc) is 3.10. The Morgan fingerprint density at radius 1 is 0.938 bits per heavy atom. The average molecular weight is 470 g/mol. The van der Waals surface area contributed by atoms with Gasteiger partial charge in [-0.15, -0.1) is 0 Å². The topological polar surface area (TPSA) is 62.1 Å². The summed E-state index contributed by atoms with van der Waals surface area (Å²) in [4.78, 5) is 7.60. The lowest BCUT2D eigenvalue weighted by Crippen LogP contribution is -2.21. The van der Waals surface area contributed by atoms with Crippen LogP contribution in [0.4, 0.5) is 35.1 Å². The van der Waals surface area contributed by atoms with Crippen LogP contribution in [0.1, 0.15) is 35.7 Å². The van der Waals surface area contributed by atoms with E-state index < -0.39 is 65.4 Å². The molecule has 0 bridgehead atoms. The molecule has 0 aliphatic rings. The molecule has 2 aromatic heterocycles. The molecular formula is C18H14F8N4O2. The van der Waals surface area contributed by atoms with Crippen LogP contribution in [0.2, 0.25) is 0 Å². The highest BCUT2D eigenvalue weighted by atomic mass is 19.4. The zero-order chi connectivity index (χ0) is 23.8. The highest BCUT2D eigenvalue weighted by molar-refractivity contribution is 5.84. The van der Waals surface area contributed by atoms with Crippen molar-refractivity contribution in [1.82, 2.24) is 19.7 Å². The molecule has 0 N–H and O–H groups in total. The molecule has 0 radical (unpaired) electrons. The van der Waals surface area contributed by atoms with Gasteiger partial charge in [0.1, 0.15) is 11.1 Å². The summed E-state index contributed by atoms with van der Waals surface area (Å²) in [5.74, 6) is -0.411. The summed E-state index contributed by atoms with van der Waals surface area (Å²) < 4.78 is 116. The van der Waals surface area contributed by atoms with Crippen molar-refractivity contribution >= 4 is 11.0 Å². The third kappa shape index (κ3) is 4.67. The predicted molar refractivity (Wildman–Crippen MR) is 93.6 cm³/mol. The Hall–Kier alpha value is -3.19. The summed E-state index contributed by atoms with van der Waals surface area (Å²) in [5, 5.41) is 3.17. The van der Waals surface area contributed by atoms with E-state index in [0.29, 0.717) is 16.8 Å². The first-order valence-corrected chi connectivity index (χ1v) is 8.76. The van der Waals surface area contributed by atoms with Crippen molar-refractivity contribution in [1.29, 1.82) is 0 Å². The number of alkyl halides is 8. The number of hydrogen-bond acceptors (Lipinski definition) is 5. The Morgan fingerprint density at radius 2 is 1.56 bits per heavy atom. The Labute approximate surface area is 174 Å². The standard InChI is InChI=1S/C18H14F8N4O2/c1-31-15-11-12(13(19)20)29-30(14(11)27-16(28-15)32-2)10(7-17(21,22)23)8-3-5-9(6-4-8)18(24,25)26/h3-6,10,13H,7H2,1-2H3. The fourth-order valence-electron chi connectivity index (χ4n) is 3.08. The number of fused-ring (bicyclic) bond motifs is 1. The lowest BCUT2D eigenvalue weighted by atomic mass is 10.0. The summed E-state index contributed by atoms with van der Waals surface area (Å²) in [7, 11) is 2.23. The fourth-order valence-corrected chi connectivity index (χ4v) is 3.08. The number of aromatic nitrogens is 4. The van der Waals surface area contributed by atoms with E-state index in [4.69, 9.17) is 9.47 Å². The van der Waals surface area contributed by atoms with Crippen LogP contribution in [0, 0.1) is 0 Å². The van der Waals surface area contributed by atoms with Crippen molar-refractivity contribution in [3.63, 3.8) is 0 Å². The van der Waals surface area contributed by atoms with Gasteiger partial charge >= 0.3 is 18.4 Å². The van der Waals surface area contributed by atoms with E-state index in [9.17, 15) is 35.1 Å². The second-order valence-corrected chi connectivity index (χ2v) is 6.50. The van der Waals surface area contributed by atoms with Gasteiger partial charge in [0, 0.05) is 0 Å². The minimum absolute atomic E-state index is 0.253. The van der Waals surface area contributed by atoms with Gasteiger partial charge in [-0.2, -0.15) is 41.4 Å². The third-order valence-corrected chi connectivity index (χ3v) is 4.45. The quantitative estimate of drug-likeness (QED) is 0.455. The normalized spacial score (nSPS) is 13.6. The van der Waals surface area contributed by atoms with E-state index in [1.165, 1.54) is 0 Å². The van der Waals surface area contributed by atoms with Crippen LogP contribution >= 0.6 is 0 Å². The van der Waals surface area contributed by atoms with Crippen molar-refractivity contribution in [3.05, 3.63) is 41.1 Å². The molecule has 14 heteroatoms. The Bertz CT molecular complexity index is 1090. The number of ether oxygens (including phenoxy) is 2. The van der Waals surface area contributed by atoms with Crippen LogP contribution in [0.25, 0.3) is 11.0 Å². The molecule has 1 aromatic carbocycles. The molecular weight excluding hydrogens is 456 g/mol. The molecule has 3 rings (SSSR count). The SMILES string of the molecule is COc1nc(OC)c2c(C(F)F)nn(C(CC(F)(F)F)c3ccc(C(F)(F)F)cc3)c2n1. The number of methoxy groups -OCH3 is 2. The molecule has 0 saturated carbocycles. The smallest absolute Gasteiger partial charge is 0.416 e. The first kappa shape index (κ1) is 23.5. The lowest BCUT2D eigenvalue weighted by molar-refractivity contribution is -0.141. The Kier molecular flexibility index (Phi) is 6.15. The maximum absolute atomic E-state index is 13.6. The molecule has 3 aromatic rings. The minimum Gasteiger partial charge on any atom is -0.480 e. The fraction of sp³-hybridized carbons (Fsp3) is 0.389. The zero-order valence-electron chi connectivity index (χ0n) is 16.3. The van der Waals surface area contributed by atoms with Crippen LogP contribution < -0.4 is 9.47 Å². The minimum atomic E-state index is -4.82. The van der Waals surface area contributed by atoms with Gasteiger partial charge < -0.3 is 9.47 Å².